The first-order chi connectivity index (χ1) is 7.10. The summed E-state index contributed by atoms with van der Waals surface area (Å²) in [7, 11) is 0. The van der Waals surface area contributed by atoms with Gasteiger partial charge in [0.2, 0.25) is 0 Å². The van der Waals surface area contributed by atoms with E-state index in [2.05, 4.69) is 30.6 Å². The van der Waals surface area contributed by atoms with E-state index in [1.54, 1.807) is 0 Å². The highest BCUT2D eigenvalue weighted by Crippen LogP contribution is 2.13. The maximum atomic E-state index is 7.57. The SMILES string of the molecule is CCC(C(=N)N)N1CCN(CC)C(C)C1. The Bertz CT molecular complexity index is 217. The average molecular weight is 212 g/mol. The second-order valence-corrected chi connectivity index (χ2v) is 4.35. The number of hydrogen-bond acceptors (Lipinski definition) is 3. The zero-order valence-corrected chi connectivity index (χ0v) is 10.2. The molecule has 1 heterocycles. The van der Waals surface area contributed by atoms with Gasteiger partial charge < -0.3 is 5.73 Å². The molecule has 1 saturated heterocycles. The number of amidine groups is 1. The monoisotopic (exact) mass is 212 g/mol. The van der Waals surface area contributed by atoms with Crippen molar-refractivity contribution in [2.75, 3.05) is 26.2 Å². The Labute approximate surface area is 92.9 Å². The molecule has 1 aliphatic rings. The predicted molar refractivity (Wildman–Crippen MR) is 64.3 cm³/mol. The minimum Gasteiger partial charge on any atom is -0.386 e. The van der Waals surface area contributed by atoms with Crippen molar-refractivity contribution in [3.63, 3.8) is 0 Å². The molecule has 1 aliphatic heterocycles. The van der Waals surface area contributed by atoms with Gasteiger partial charge >= 0.3 is 0 Å². The predicted octanol–water partition coefficient (Wildman–Crippen LogP) is 0.727. The molecule has 0 aliphatic carbocycles. The molecule has 0 amide bonds. The van der Waals surface area contributed by atoms with Gasteiger partial charge in [0, 0.05) is 25.7 Å². The molecule has 0 aromatic heterocycles. The molecule has 0 saturated carbocycles. The van der Waals surface area contributed by atoms with Crippen LogP contribution in [0.5, 0.6) is 0 Å². The highest BCUT2D eigenvalue weighted by molar-refractivity contribution is 5.82. The number of nitrogens with one attached hydrogen (secondary N) is 1. The highest BCUT2D eigenvalue weighted by atomic mass is 15.3. The normalized spacial score (nSPS) is 26.5. The number of nitrogens with two attached hydrogens (primary N) is 1. The first-order valence-electron chi connectivity index (χ1n) is 5.92. The van der Waals surface area contributed by atoms with E-state index in [1.807, 2.05) is 0 Å². The van der Waals surface area contributed by atoms with Gasteiger partial charge in [-0.25, -0.2) is 0 Å². The Morgan fingerprint density at radius 2 is 2.13 bits per heavy atom. The van der Waals surface area contributed by atoms with Crippen LogP contribution in [0.25, 0.3) is 0 Å². The summed E-state index contributed by atoms with van der Waals surface area (Å²) < 4.78 is 0. The zero-order valence-electron chi connectivity index (χ0n) is 10.2. The molecule has 1 rings (SSSR count). The van der Waals surface area contributed by atoms with Gasteiger partial charge in [0.25, 0.3) is 0 Å². The summed E-state index contributed by atoms with van der Waals surface area (Å²) in [6.45, 7) is 10.8. The molecular weight excluding hydrogens is 188 g/mol. The van der Waals surface area contributed by atoms with Crippen LogP contribution in [0, 0.1) is 5.41 Å². The third-order valence-electron chi connectivity index (χ3n) is 3.39. The zero-order chi connectivity index (χ0) is 11.4. The van der Waals surface area contributed by atoms with Crippen molar-refractivity contribution < 1.29 is 0 Å². The van der Waals surface area contributed by atoms with Crippen LogP contribution in [0.2, 0.25) is 0 Å². The number of piperazine rings is 1. The van der Waals surface area contributed by atoms with E-state index in [9.17, 15) is 0 Å². The Balaban J connectivity index is 2.56. The van der Waals surface area contributed by atoms with E-state index >= 15 is 0 Å². The van der Waals surface area contributed by atoms with Crippen LogP contribution in [0.4, 0.5) is 0 Å². The molecular formula is C11H24N4. The van der Waals surface area contributed by atoms with Gasteiger partial charge in [-0.1, -0.05) is 13.8 Å². The molecule has 1 fully saturated rings. The third kappa shape index (κ3) is 2.92. The van der Waals surface area contributed by atoms with Crippen LogP contribution in [0.15, 0.2) is 0 Å². The minimum atomic E-state index is 0.145. The molecule has 4 heteroatoms. The Hall–Kier alpha value is -0.610. The van der Waals surface area contributed by atoms with Crippen molar-refractivity contribution >= 4 is 5.84 Å². The number of likely N-dealkylation sites (N-methyl/N-ethyl adjacent to an activating group) is 1. The van der Waals surface area contributed by atoms with Crippen molar-refractivity contribution in [1.82, 2.24) is 9.80 Å². The van der Waals surface area contributed by atoms with Crippen molar-refractivity contribution in [1.29, 1.82) is 5.41 Å². The van der Waals surface area contributed by atoms with E-state index in [-0.39, 0.29) is 6.04 Å². The lowest BCUT2D eigenvalue weighted by Gasteiger charge is -2.42. The topological polar surface area (TPSA) is 56.4 Å². The van der Waals surface area contributed by atoms with Gasteiger partial charge in [0.15, 0.2) is 0 Å². The van der Waals surface area contributed by atoms with Gasteiger partial charge in [0.05, 0.1) is 6.04 Å². The summed E-state index contributed by atoms with van der Waals surface area (Å²) in [4.78, 5) is 4.82. The number of rotatable bonds is 4. The molecule has 2 unspecified atom stereocenters. The minimum absolute atomic E-state index is 0.145. The Morgan fingerprint density at radius 1 is 1.47 bits per heavy atom. The van der Waals surface area contributed by atoms with E-state index in [0.29, 0.717) is 11.9 Å². The molecule has 4 nitrogen and oxygen atoms in total. The molecule has 15 heavy (non-hydrogen) atoms. The van der Waals surface area contributed by atoms with Gasteiger partial charge in [-0.2, -0.15) is 0 Å². The van der Waals surface area contributed by atoms with Crippen LogP contribution in [0.3, 0.4) is 0 Å². The molecule has 0 aromatic carbocycles. The summed E-state index contributed by atoms with van der Waals surface area (Å²) in [5.74, 6) is 0.314. The fourth-order valence-electron chi connectivity index (χ4n) is 2.45. The largest absolute Gasteiger partial charge is 0.386 e. The summed E-state index contributed by atoms with van der Waals surface area (Å²) >= 11 is 0. The lowest BCUT2D eigenvalue weighted by atomic mass is 10.1. The summed E-state index contributed by atoms with van der Waals surface area (Å²) in [6.07, 6.45) is 0.939. The summed E-state index contributed by atoms with van der Waals surface area (Å²) in [5.41, 5.74) is 5.62. The van der Waals surface area contributed by atoms with Gasteiger partial charge in [0.1, 0.15) is 5.84 Å². The van der Waals surface area contributed by atoms with E-state index < -0.39 is 0 Å². The van der Waals surface area contributed by atoms with Gasteiger partial charge in [-0.3, -0.25) is 15.2 Å². The molecule has 0 bridgehead atoms. The Kier molecular flexibility index (Phi) is 4.54. The molecule has 2 atom stereocenters. The lowest BCUT2D eigenvalue weighted by molar-refractivity contribution is 0.0745. The van der Waals surface area contributed by atoms with E-state index in [4.69, 9.17) is 11.1 Å². The quantitative estimate of drug-likeness (QED) is 0.533. The van der Waals surface area contributed by atoms with Crippen LogP contribution in [-0.4, -0.2) is 53.9 Å². The van der Waals surface area contributed by atoms with E-state index in [0.717, 1.165) is 32.6 Å². The standard InChI is InChI=1S/C11H24N4/c1-4-10(11(12)13)15-7-6-14(5-2)9(3)8-15/h9-10H,4-8H2,1-3H3,(H3,12,13). The molecule has 0 spiro atoms. The third-order valence-corrected chi connectivity index (χ3v) is 3.39. The van der Waals surface area contributed by atoms with Crippen molar-refractivity contribution in [3.05, 3.63) is 0 Å². The fourth-order valence-corrected chi connectivity index (χ4v) is 2.45. The van der Waals surface area contributed by atoms with Crippen LogP contribution >= 0.6 is 0 Å². The van der Waals surface area contributed by atoms with Crippen LogP contribution in [0.1, 0.15) is 27.2 Å². The van der Waals surface area contributed by atoms with Crippen molar-refractivity contribution in [2.24, 2.45) is 5.73 Å². The highest BCUT2D eigenvalue weighted by Gasteiger charge is 2.27. The van der Waals surface area contributed by atoms with Crippen molar-refractivity contribution in [2.45, 2.75) is 39.3 Å². The number of nitrogens with zero attached hydrogens (tertiary/aromatic N) is 2. The molecule has 0 radical (unpaired) electrons. The van der Waals surface area contributed by atoms with Gasteiger partial charge in [-0.15, -0.1) is 0 Å². The molecule has 88 valence electrons. The van der Waals surface area contributed by atoms with Crippen LogP contribution < -0.4 is 5.73 Å². The fraction of sp³-hybridized carbons (Fsp3) is 0.909. The first kappa shape index (κ1) is 12.5. The molecule has 3 N–H and O–H groups in total. The average Bonchev–Trinajstić information content (AvgIpc) is 2.18. The maximum absolute atomic E-state index is 7.57. The first-order valence-corrected chi connectivity index (χ1v) is 5.92. The van der Waals surface area contributed by atoms with Crippen molar-refractivity contribution in [3.8, 4) is 0 Å². The lowest BCUT2D eigenvalue weighted by Crippen LogP contribution is -2.57. The van der Waals surface area contributed by atoms with Gasteiger partial charge in [-0.05, 0) is 19.9 Å². The smallest absolute Gasteiger partial charge is 0.108 e. The summed E-state index contributed by atoms with van der Waals surface area (Å²) in [6, 6.07) is 0.726. The molecule has 0 aromatic rings. The maximum Gasteiger partial charge on any atom is 0.108 e. The summed E-state index contributed by atoms with van der Waals surface area (Å²) in [5, 5.41) is 7.57. The second-order valence-electron chi connectivity index (χ2n) is 4.35. The van der Waals surface area contributed by atoms with E-state index in [1.165, 1.54) is 0 Å². The second kappa shape index (κ2) is 5.47. The Morgan fingerprint density at radius 3 is 2.53 bits per heavy atom. The van der Waals surface area contributed by atoms with Crippen LogP contribution in [-0.2, 0) is 0 Å². The number of hydrogen-bond donors (Lipinski definition) is 2.